The van der Waals surface area contributed by atoms with Crippen LogP contribution in [0.2, 0.25) is 0 Å². The van der Waals surface area contributed by atoms with Gasteiger partial charge in [-0.1, -0.05) is 0 Å². The molecule has 22 heavy (non-hydrogen) atoms. The maximum atomic E-state index is 10.4. The number of nitro groups is 1. The zero-order chi connectivity index (χ0) is 16.7. The minimum atomic E-state index is -1.40. The molecule has 114 valence electrons. The average Bonchev–Trinajstić information content (AvgIpc) is 2.48. The predicted octanol–water partition coefficient (Wildman–Crippen LogP) is 1.05. The molecule has 2 aromatic heterocycles. The average molecular weight is 306 g/mol. The molecule has 0 aliphatic heterocycles. The van der Waals surface area contributed by atoms with Crippen molar-refractivity contribution in [3.63, 3.8) is 0 Å². The maximum absolute atomic E-state index is 10.4. The zero-order valence-electron chi connectivity index (χ0n) is 10.9. The Morgan fingerprint density at radius 3 is 1.91 bits per heavy atom. The maximum Gasteiger partial charge on any atom is 0.361 e. The van der Waals surface area contributed by atoms with Crippen molar-refractivity contribution in [2.75, 3.05) is 5.73 Å². The third kappa shape index (κ3) is 4.23. The van der Waals surface area contributed by atoms with Gasteiger partial charge in [-0.25, -0.2) is 19.6 Å². The number of nitrogen functional groups attached to an aromatic ring is 1. The summed E-state index contributed by atoms with van der Waals surface area (Å²) in [6.45, 7) is 0. The fourth-order valence-electron chi connectivity index (χ4n) is 1.31. The van der Waals surface area contributed by atoms with Crippen molar-refractivity contribution in [2.24, 2.45) is 0 Å². The van der Waals surface area contributed by atoms with Gasteiger partial charge in [0, 0.05) is 18.5 Å². The van der Waals surface area contributed by atoms with E-state index >= 15 is 0 Å². The van der Waals surface area contributed by atoms with Crippen molar-refractivity contribution < 1.29 is 24.7 Å². The number of nitrogens with zero attached hydrogens (tertiary/aromatic N) is 3. The number of hydrogen-bond acceptors (Lipinski definition) is 7. The molecule has 10 heteroatoms. The highest BCUT2D eigenvalue weighted by atomic mass is 16.6. The van der Waals surface area contributed by atoms with Crippen molar-refractivity contribution in [1.29, 1.82) is 0 Å². The quantitative estimate of drug-likeness (QED) is 0.553. The topological polar surface area (TPSA) is 170 Å². The SMILES string of the molecule is Nc1cccnc1C(=O)O.O=C(O)c1ncccc1[N+](=O)[O-]. The minimum Gasteiger partial charge on any atom is -0.476 e. The molecule has 0 unspecified atom stereocenters. The summed E-state index contributed by atoms with van der Waals surface area (Å²) in [5.74, 6) is -2.50. The lowest BCUT2D eigenvalue weighted by molar-refractivity contribution is -0.385. The van der Waals surface area contributed by atoms with Crippen LogP contribution in [0.15, 0.2) is 36.7 Å². The van der Waals surface area contributed by atoms with Crippen molar-refractivity contribution in [2.45, 2.75) is 0 Å². The third-order valence-electron chi connectivity index (χ3n) is 2.23. The number of carbonyl (C=O) groups is 2. The summed E-state index contributed by atoms with van der Waals surface area (Å²) >= 11 is 0. The van der Waals surface area contributed by atoms with E-state index in [0.29, 0.717) is 0 Å². The number of aromatic nitrogens is 2. The molecule has 0 aliphatic rings. The normalized spacial score (nSPS) is 9.27. The smallest absolute Gasteiger partial charge is 0.361 e. The Morgan fingerprint density at radius 2 is 1.55 bits per heavy atom. The summed E-state index contributed by atoms with van der Waals surface area (Å²) in [6.07, 6.45) is 2.58. The van der Waals surface area contributed by atoms with Crippen LogP contribution in [-0.4, -0.2) is 37.0 Å². The monoisotopic (exact) mass is 306 g/mol. The fourth-order valence-corrected chi connectivity index (χ4v) is 1.31. The third-order valence-corrected chi connectivity index (χ3v) is 2.23. The molecular formula is C12H10N4O6. The minimum absolute atomic E-state index is 0.0949. The summed E-state index contributed by atoms with van der Waals surface area (Å²) in [4.78, 5) is 37.0. The van der Waals surface area contributed by atoms with Gasteiger partial charge >= 0.3 is 17.6 Å². The number of rotatable bonds is 3. The van der Waals surface area contributed by atoms with Gasteiger partial charge in [-0.2, -0.15) is 0 Å². The first-order valence-electron chi connectivity index (χ1n) is 5.61. The molecule has 0 aromatic carbocycles. The van der Waals surface area contributed by atoms with Gasteiger partial charge in [-0.3, -0.25) is 10.1 Å². The Hall–Kier alpha value is -3.56. The summed E-state index contributed by atoms with van der Waals surface area (Å²) in [5.41, 5.74) is 4.34. The van der Waals surface area contributed by atoms with E-state index in [2.05, 4.69) is 9.97 Å². The van der Waals surface area contributed by atoms with E-state index < -0.39 is 28.2 Å². The lowest BCUT2D eigenvalue weighted by Gasteiger charge is -1.95. The molecule has 0 radical (unpaired) electrons. The Morgan fingerprint density at radius 1 is 1.05 bits per heavy atom. The zero-order valence-corrected chi connectivity index (χ0v) is 10.9. The van der Waals surface area contributed by atoms with E-state index in [1.165, 1.54) is 24.5 Å². The Bertz CT molecular complexity index is 685. The molecule has 0 saturated carbocycles. The molecular weight excluding hydrogens is 296 g/mol. The molecule has 2 heterocycles. The van der Waals surface area contributed by atoms with Gasteiger partial charge in [-0.05, 0) is 18.2 Å². The Balaban J connectivity index is 0.000000224. The van der Waals surface area contributed by atoms with Crippen LogP contribution in [0, 0.1) is 10.1 Å². The van der Waals surface area contributed by atoms with Crippen LogP contribution in [0.25, 0.3) is 0 Å². The first-order valence-corrected chi connectivity index (χ1v) is 5.61. The van der Waals surface area contributed by atoms with Crippen LogP contribution < -0.4 is 5.73 Å². The van der Waals surface area contributed by atoms with Crippen LogP contribution in [-0.2, 0) is 0 Å². The summed E-state index contributed by atoms with van der Waals surface area (Å²) in [7, 11) is 0. The van der Waals surface area contributed by atoms with Crippen LogP contribution in [0.5, 0.6) is 0 Å². The predicted molar refractivity (Wildman–Crippen MR) is 73.5 cm³/mol. The standard InChI is InChI=1S/C6H4N2O4.C6H6N2O2/c9-6(10)5-4(8(11)12)2-1-3-7-5;7-4-2-1-3-8-5(4)6(9)10/h1-3H,(H,9,10);1-3H,7H2,(H,9,10). The lowest BCUT2D eigenvalue weighted by atomic mass is 10.3. The molecule has 0 aliphatic carbocycles. The van der Waals surface area contributed by atoms with E-state index in [-0.39, 0.29) is 11.4 Å². The van der Waals surface area contributed by atoms with Gasteiger partial charge in [0.25, 0.3) is 0 Å². The van der Waals surface area contributed by atoms with Crippen LogP contribution >= 0.6 is 0 Å². The first-order chi connectivity index (χ1) is 10.3. The highest BCUT2D eigenvalue weighted by molar-refractivity contribution is 5.91. The molecule has 0 spiro atoms. The van der Waals surface area contributed by atoms with Crippen molar-refractivity contribution in [1.82, 2.24) is 9.97 Å². The number of carboxylic acid groups (broad SMARTS) is 2. The number of hydrogen-bond donors (Lipinski definition) is 3. The second kappa shape index (κ2) is 7.28. The molecule has 0 saturated heterocycles. The van der Waals surface area contributed by atoms with E-state index in [1.54, 1.807) is 6.07 Å². The Labute approximate surface area is 123 Å². The highest BCUT2D eigenvalue weighted by Gasteiger charge is 2.19. The molecule has 0 amide bonds. The summed E-state index contributed by atoms with van der Waals surface area (Å²) in [5, 5.41) is 27.1. The summed E-state index contributed by atoms with van der Waals surface area (Å²) < 4.78 is 0. The number of aromatic carboxylic acids is 2. The van der Waals surface area contributed by atoms with Crippen molar-refractivity contribution in [3.8, 4) is 0 Å². The van der Waals surface area contributed by atoms with Crippen LogP contribution in [0.1, 0.15) is 21.0 Å². The second-order valence-electron chi connectivity index (χ2n) is 3.68. The van der Waals surface area contributed by atoms with Crippen LogP contribution in [0.4, 0.5) is 11.4 Å². The van der Waals surface area contributed by atoms with E-state index in [0.717, 1.165) is 6.07 Å². The van der Waals surface area contributed by atoms with E-state index in [9.17, 15) is 19.7 Å². The van der Waals surface area contributed by atoms with Gasteiger partial charge in [0.15, 0.2) is 5.69 Å². The first kappa shape index (κ1) is 16.5. The number of nitrogens with two attached hydrogens (primary N) is 1. The van der Waals surface area contributed by atoms with Gasteiger partial charge in [0.2, 0.25) is 5.69 Å². The van der Waals surface area contributed by atoms with Gasteiger partial charge < -0.3 is 15.9 Å². The molecule has 2 aromatic rings. The van der Waals surface area contributed by atoms with E-state index in [1.807, 2.05) is 0 Å². The van der Waals surface area contributed by atoms with E-state index in [4.69, 9.17) is 15.9 Å². The molecule has 2 rings (SSSR count). The molecule has 10 nitrogen and oxygen atoms in total. The fraction of sp³-hybridized carbons (Fsp3) is 0. The van der Waals surface area contributed by atoms with Gasteiger partial charge in [0.05, 0.1) is 10.6 Å². The largest absolute Gasteiger partial charge is 0.476 e. The van der Waals surface area contributed by atoms with Gasteiger partial charge in [-0.15, -0.1) is 0 Å². The lowest BCUT2D eigenvalue weighted by Crippen LogP contribution is -2.04. The Kier molecular flexibility index (Phi) is 5.46. The number of anilines is 1. The van der Waals surface area contributed by atoms with Crippen LogP contribution in [0.3, 0.4) is 0 Å². The molecule has 0 fully saturated rings. The molecule has 4 N–H and O–H groups in total. The molecule has 0 atom stereocenters. The van der Waals surface area contributed by atoms with Crippen molar-refractivity contribution >= 4 is 23.3 Å². The highest BCUT2D eigenvalue weighted by Crippen LogP contribution is 2.14. The van der Waals surface area contributed by atoms with Crippen molar-refractivity contribution in [3.05, 3.63) is 58.2 Å². The van der Waals surface area contributed by atoms with Gasteiger partial charge in [0.1, 0.15) is 0 Å². The number of pyridine rings is 2. The number of carboxylic acids is 2. The second-order valence-corrected chi connectivity index (χ2v) is 3.68. The molecule has 0 bridgehead atoms. The summed E-state index contributed by atoms with van der Waals surface area (Å²) in [6, 6.07) is 5.49.